The quantitative estimate of drug-likeness (QED) is 0.610. The normalized spacial score (nSPS) is 11.6. The molecule has 3 rings (SSSR count). The van der Waals surface area contributed by atoms with Crippen LogP contribution in [0.3, 0.4) is 0 Å². The molecule has 0 aliphatic rings. The molecule has 1 amide bonds. The maximum absolute atomic E-state index is 12.4. The van der Waals surface area contributed by atoms with Gasteiger partial charge in [0.2, 0.25) is 11.8 Å². The van der Waals surface area contributed by atoms with Crippen molar-refractivity contribution in [2.45, 2.75) is 18.7 Å². The lowest BCUT2D eigenvalue weighted by Gasteiger charge is -2.07. The second-order valence-corrected chi connectivity index (χ2v) is 8.35. The molecule has 140 valence electrons. The van der Waals surface area contributed by atoms with Gasteiger partial charge in [-0.05, 0) is 55.6 Å². The van der Waals surface area contributed by atoms with Gasteiger partial charge in [0.05, 0.1) is 10.6 Å². The number of rotatable bonds is 6. The molecule has 0 saturated heterocycles. The first-order valence-electron chi connectivity index (χ1n) is 7.93. The summed E-state index contributed by atoms with van der Waals surface area (Å²) in [6.07, 6.45) is 3.14. The summed E-state index contributed by atoms with van der Waals surface area (Å²) in [4.78, 5) is 12.9. The highest BCUT2D eigenvalue weighted by atomic mass is 32.2. The first kappa shape index (κ1) is 18.9. The molecule has 2 N–H and O–H groups in total. The van der Waals surface area contributed by atoms with Crippen LogP contribution in [-0.4, -0.2) is 19.5 Å². The lowest BCUT2D eigenvalue weighted by molar-refractivity contribution is -0.111. The summed E-state index contributed by atoms with van der Waals surface area (Å²) in [5, 5.41) is 8.32. The highest BCUT2D eigenvalue weighted by Crippen LogP contribution is 2.22. The maximum Gasteiger partial charge on any atom is 0.264 e. The third-order valence-electron chi connectivity index (χ3n) is 3.76. The lowest BCUT2D eigenvalue weighted by Crippen LogP contribution is -2.13. The number of carbonyl (C=O) groups is 1. The van der Waals surface area contributed by atoms with Crippen LogP contribution in [0.15, 0.2) is 57.3 Å². The maximum atomic E-state index is 12.4. The molecule has 0 spiro atoms. The van der Waals surface area contributed by atoms with Crippen LogP contribution < -0.4 is 10.0 Å². The van der Waals surface area contributed by atoms with Crippen LogP contribution in [0.2, 0.25) is 0 Å². The summed E-state index contributed by atoms with van der Waals surface area (Å²) < 4.78 is 32.2. The Balaban J connectivity index is 1.67. The predicted molar refractivity (Wildman–Crippen MR) is 105 cm³/mol. The largest absolute Gasteiger partial charge is 0.337 e. The highest BCUT2D eigenvalue weighted by molar-refractivity contribution is 7.92. The number of aryl methyl sites for hydroxylation is 1. The molecule has 0 saturated carbocycles. The van der Waals surface area contributed by atoms with E-state index in [2.05, 4.69) is 15.2 Å². The van der Waals surface area contributed by atoms with Gasteiger partial charge in [-0.2, -0.15) is 0 Å². The van der Waals surface area contributed by atoms with E-state index in [1.54, 1.807) is 19.9 Å². The van der Waals surface area contributed by atoms with E-state index < -0.39 is 10.0 Å². The number of anilines is 2. The monoisotopic (exact) mass is 403 g/mol. The van der Waals surface area contributed by atoms with Gasteiger partial charge < -0.3 is 9.84 Å². The SMILES string of the molecule is Cc1noc(NS(=O)(=O)c2ccc(NC(=O)/C=C\c3cccs3)cc2)c1C. The van der Waals surface area contributed by atoms with Crippen LogP contribution in [0.1, 0.15) is 16.1 Å². The van der Waals surface area contributed by atoms with Crippen LogP contribution in [-0.2, 0) is 14.8 Å². The highest BCUT2D eigenvalue weighted by Gasteiger charge is 2.19. The minimum atomic E-state index is -3.82. The summed E-state index contributed by atoms with van der Waals surface area (Å²) in [5.74, 6) is -0.214. The van der Waals surface area contributed by atoms with Gasteiger partial charge in [-0.15, -0.1) is 11.3 Å². The molecular weight excluding hydrogens is 386 g/mol. The van der Waals surface area contributed by atoms with Crippen molar-refractivity contribution in [3.8, 4) is 0 Å². The first-order chi connectivity index (χ1) is 12.8. The van der Waals surface area contributed by atoms with E-state index in [0.717, 1.165) is 4.88 Å². The molecule has 0 aliphatic carbocycles. The summed E-state index contributed by atoms with van der Waals surface area (Å²) >= 11 is 1.53. The Morgan fingerprint density at radius 1 is 1.19 bits per heavy atom. The van der Waals surface area contributed by atoms with Crippen molar-refractivity contribution < 1.29 is 17.7 Å². The topological polar surface area (TPSA) is 101 Å². The third kappa shape index (κ3) is 4.63. The van der Waals surface area contributed by atoms with Crippen molar-refractivity contribution >= 4 is 44.9 Å². The number of thiophene rings is 1. The Labute approximate surface area is 160 Å². The molecule has 7 nitrogen and oxygen atoms in total. The van der Waals surface area contributed by atoms with Gasteiger partial charge in [-0.25, -0.2) is 13.1 Å². The van der Waals surface area contributed by atoms with Crippen LogP contribution in [0.4, 0.5) is 11.6 Å². The molecule has 0 fully saturated rings. The van der Waals surface area contributed by atoms with Gasteiger partial charge in [0.15, 0.2) is 0 Å². The van der Waals surface area contributed by atoms with Crippen LogP contribution in [0.5, 0.6) is 0 Å². The van der Waals surface area contributed by atoms with E-state index in [9.17, 15) is 13.2 Å². The molecule has 0 bridgehead atoms. The number of hydrogen-bond donors (Lipinski definition) is 2. The fourth-order valence-corrected chi connectivity index (χ4v) is 3.80. The molecule has 0 aliphatic heterocycles. The van der Waals surface area contributed by atoms with Gasteiger partial charge in [0, 0.05) is 22.2 Å². The molecule has 2 aromatic heterocycles. The number of nitrogens with one attached hydrogen (secondary N) is 2. The molecule has 3 aromatic rings. The molecule has 0 radical (unpaired) electrons. The first-order valence-corrected chi connectivity index (χ1v) is 10.3. The van der Waals surface area contributed by atoms with E-state index in [1.165, 1.54) is 41.7 Å². The molecule has 27 heavy (non-hydrogen) atoms. The van der Waals surface area contributed by atoms with E-state index >= 15 is 0 Å². The molecule has 0 atom stereocenters. The second kappa shape index (κ2) is 7.77. The zero-order chi connectivity index (χ0) is 19.4. The average Bonchev–Trinajstić information content (AvgIpc) is 3.26. The molecule has 0 unspecified atom stereocenters. The second-order valence-electron chi connectivity index (χ2n) is 5.69. The third-order valence-corrected chi connectivity index (χ3v) is 5.94. The van der Waals surface area contributed by atoms with Gasteiger partial charge in [0.25, 0.3) is 10.0 Å². The summed E-state index contributed by atoms with van der Waals surface area (Å²) in [7, 11) is -3.82. The molecule has 9 heteroatoms. The number of carbonyl (C=O) groups excluding carboxylic acids is 1. The smallest absolute Gasteiger partial charge is 0.264 e. The number of amides is 1. The fourth-order valence-electron chi connectivity index (χ4n) is 2.14. The van der Waals surface area contributed by atoms with Gasteiger partial charge in [-0.1, -0.05) is 11.2 Å². The molecule has 2 heterocycles. The van der Waals surface area contributed by atoms with Crippen molar-refractivity contribution in [2.75, 3.05) is 10.0 Å². The minimum absolute atomic E-state index is 0.0445. The summed E-state index contributed by atoms with van der Waals surface area (Å²) in [6.45, 7) is 3.44. The van der Waals surface area contributed by atoms with Gasteiger partial charge >= 0.3 is 0 Å². The van der Waals surface area contributed by atoms with Crippen molar-refractivity contribution in [2.24, 2.45) is 0 Å². The van der Waals surface area contributed by atoms with Crippen LogP contribution >= 0.6 is 11.3 Å². The Hall–Kier alpha value is -2.91. The minimum Gasteiger partial charge on any atom is -0.337 e. The number of aromatic nitrogens is 1. The van der Waals surface area contributed by atoms with Crippen LogP contribution in [0.25, 0.3) is 6.08 Å². The van der Waals surface area contributed by atoms with Gasteiger partial charge in [0.1, 0.15) is 0 Å². The number of benzene rings is 1. The number of nitrogens with zero attached hydrogens (tertiary/aromatic N) is 1. The zero-order valence-electron chi connectivity index (χ0n) is 14.6. The van der Waals surface area contributed by atoms with Crippen molar-refractivity contribution in [3.63, 3.8) is 0 Å². The molecule has 1 aromatic carbocycles. The van der Waals surface area contributed by atoms with E-state index in [0.29, 0.717) is 16.9 Å². The Morgan fingerprint density at radius 3 is 2.52 bits per heavy atom. The number of sulfonamides is 1. The van der Waals surface area contributed by atoms with E-state index in [1.807, 2.05) is 17.5 Å². The van der Waals surface area contributed by atoms with Crippen molar-refractivity contribution in [1.82, 2.24) is 5.16 Å². The summed E-state index contributed by atoms with van der Waals surface area (Å²) in [6, 6.07) is 9.64. The Morgan fingerprint density at radius 2 is 1.93 bits per heavy atom. The standard InChI is InChI=1S/C18H17N3O4S2/c1-12-13(2)20-25-18(12)21-27(23,24)16-8-5-14(6-9-16)19-17(22)10-7-15-4-3-11-26-15/h3-11,21H,1-2H3,(H,19,22)/b10-7-. The Bertz CT molecular complexity index is 1070. The van der Waals surface area contributed by atoms with E-state index in [-0.39, 0.29) is 16.7 Å². The van der Waals surface area contributed by atoms with Crippen LogP contribution in [0, 0.1) is 13.8 Å². The fraction of sp³-hybridized carbons (Fsp3) is 0.111. The average molecular weight is 403 g/mol. The predicted octanol–water partition coefficient (Wildman–Crippen LogP) is 3.81. The molecular formula is C18H17N3O4S2. The zero-order valence-corrected chi connectivity index (χ0v) is 16.2. The van der Waals surface area contributed by atoms with Gasteiger partial charge in [-0.3, -0.25) is 4.79 Å². The lowest BCUT2D eigenvalue weighted by atomic mass is 10.3. The summed E-state index contributed by atoms with van der Waals surface area (Å²) in [5.41, 5.74) is 1.72. The van der Waals surface area contributed by atoms with Crippen molar-refractivity contribution in [3.05, 3.63) is 64.0 Å². The van der Waals surface area contributed by atoms with Crippen molar-refractivity contribution in [1.29, 1.82) is 0 Å². The van der Waals surface area contributed by atoms with E-state index in [4.69, 9.17) is 4.52 Å². The Kier molecular flexibility index (Phi) is 5.43. The number of hydrogen-bond acceptors (Lipinski definition) is 6.